The molecule has 0 amide bonds. The number of nitrogens with one attached hydrogen (secondary N) is 4. The molecule has 0 spiro atoms. The number of aromatic nitrogens is 6. The van der Waals surface area contributed by atoms with Crippen LogP contribution in [0.15, 0.2) is 49.1 Å². The molecule has 1 aliphatic heterocycles. The molecule has 0 bridgehead atoms. The molecule has 1 fully saturated rings. The van der Waals surface area contributed by atoms with Crippen LogP contribution in [0.3, 0.4) is 0 Å². The van der Waals surface area contributed by atoms with Gasteiger partial charge in [-0.2, -0.15) is 0 Å². The van der Waals surface area contributed by atoms with E-state index >= 15 is 0 Å². The quantitative estimate of drug-likeness (QED) is 0.354. The topological polar surface area (TPSA) is 107 Å². The van der Waals surface area contributed by atoms with Crippen LogP contribution < -0.4 is 10.6 Å². The third-order valence-electron chi connectivity index (χ3n) is 6.09. The van der Waals surface area contributed by atoms with Gasteiger partial charge in [-0.05, 0) is 38.4 Å². The van der Waals surface area contributed by atoms with E-state index in [4.69, 9.17) is 0 Å². The maximum atomic E-state index is 4.62. The van der Waals surface area contributed by atoms with Gasteiger partial charge in [0.05, 0.1) is 54.0 Å². The smallest absolute Gasteiger partial charge is 0.123 e. The third kappa shape index (κ3) is 4.06. The van der Waals surface area contributed by atoms with Crippen molar-refractivity contribution in [2.75, 3.05) is 13.6 Å². The van der Waals surface area contributed by atoms with Crippen molar-refractivity contribution < 1.29 is 0 Å². The fraction of sp³-hybridized carbons (Fsp3) is 0.333. The molecule has 0 aliphatic carbocycles. The van der Waals surface area contributed by atoms with E-state index in [-0.39, 0.29) is 6.04 Å². The first-order valence-electron chi connectivity index (χ1n) is 11.2. The molecule has 32 heavy (non-hydrogen) atoms. The summed E-state index contributed by atoms with van der Waals surface area (Å²) >= 11 is 0. The van der Waals surface area contributed by atoms with Crippen molar-refractivity contribution in [1.82, 2.24) is 40.5 Å². The monoisotopic (exact) mass is 428 g/mol. The molecule has 3 aromatic heterocycles. The van der Waals surface area contributed by atoms with E-state index in [1.807, 2.05) is 19.4 Å². The highest BCUT2D eigenvalue weighted by molar-refractivity contribution is 5.66. The average Bonchev–Trinajstić information content (AvgIpc) is 3.62. The lowest BCUT2D eigenvalue weighted by Crippen LogP contribution is -2.16. The molecule has 1 saturated heterocycles. The number of rotatable bonds is 7. The Kier molecular flexibility index (Phi) is 5.79. The minimum absolute atomic E-state index is 0.204. The normalized spacial score (nSPS) is 17.0. The molecule has 0 radical (unpaired) electrons. The van der Waals surface area contributed by atoms with Gasteiger partial charge in [-0.3, -0.25) is 9.97 Å². The molecule has 4 aromatic rings. The highest BCUT2D eigenvalue weighted by atomic mass is 15.0. The molecule has 0 unspecified atom stereocenters. The van der Waals surface area contributed by atoms with Crippen molar-refractivity contribution in [3.63, 3.8) is 0 Å². The molecular formula is C24H28N8. The molecule has 4 heterocycles. The Balaban J connectivity index is 1.30. The van der Waals surface area contributed by atoms with Crippen molar-refractivity contribution in [3.05, 3.63) is 60.7 Å². The van der Waals surface area contributed by atoms with E-state index < -0.39 is 0 Å². The molecule has 8 heteroatoms. The Hall–Kier alpha value is -3.36. The van der Waals surface area contributed by atoms with Gasteiger partial charge < -0.3 is 20.6 Å². The zero-order valence-electron chi connectivity index (χ0n) is 18.4. The first-order valence-corrected chi connectivity index (χ1v) is 11.2. The van der Waals surface area contributed by atoms with Gasteiger partial charge in [-0.15, -0.1) is 0 Å². The Labute approximate surface area is 187 Å². The van der Waals surface area contributed by atoms with Crippen molar-refractivity contribution in [2.45, 2.75) is 38.3 Å². The van der Waals surface area contributed by atoms with E-state index in [1.54, 1.807) is 12.4 Å². The molecule has 164 valence electrons. The van der Waals surface area contributed by atoms with E-state index in [1.165, 1.54) is 6.42 Å². The molecule has 0 saturated carbocycles. The van der Waals surface area contributed by atoms with Crippen LogP contribution in [0, 0.1) is 0 Å². The van der Waals surface area contributed by atoms with E-state index in [0.717, 1.165) is 64.9 Å². The average molecular weight is 429 g/mol. The van der Waals surface area contributed by atoms with E-state index in [9.17, 15) is 0 Å². The summed E-state index contributed by atoms with van der Waals surface area (Å²) in [5, 5.41) is 6.74. The van der Waals surface area contributed by atoms with Gasteiger partial charge in [0.1, 0.15) is 17.3 Å². The molecule has 2 atom stereocenters. The summed E-state index contributed by atoms with van der Waals surface area (Å²) in [6.07, 6.45) is 10.6. The number of benzene rings is 1. The zero-order chi connectivity index (χ0) is 21.9. The Morgan fingerprint density at radius 1 is 0.906 bits per heavy atom. The predicted octanol–water partition coefficient (Wildman–Crippen LogP) is 4.02. The molecule has 5 rings (SSSR count). The Bertz CT molecular complexity index is 1070. The fourth-order valence-corrected chi connectivity index (χ4v) is 4.19. The Morgan fingerprint density at radius 2 is 1.66 bits per heavy atom. The van der Waals surface area contributed by atoms with Crippen LogP contribution in [0.4, 0.5) is 0 Å². The summed E-state index contributed by atoms with van der Waals surface area (Å²) in [4.78, 5) is 25.1. The Morgan fingerprint density at radius 3 is 2.34 bits per heavy atom. The minimum Gasteiger partial charge on any atom is -0.341 e. The molecule has 4 N–H and O–H groups in total. The van der Waals surface area contributed by atoms with Crippen molar-refractivity contribution in [1.29, 1.82) is 0 Å². The minimum atomic E-state index is 0.204. The fourth-order valence-electron chi connectivity index (χ4n) is 4.19. The third-order valence-corrected chi connectivity index (χ3v) is 6.09. The van der Waals surface area contributed by atoms with Gasteiger partial charge in [0, 0.05) is 5.56 Å². The van der Waals surface area contributed by atoms with Crippen LogP contribution in [0.25, 0.3) is 33.9 Å². The van der Waals surface area contributed by atoms with Crippen LogP contribution >= 0.6 is 0 Å². The maximum Gasteiger partial charge on any atom is 0.123 e. The lowest BCUT2D eigenvalue weighted by molar-refractivity contribution is 0.549. The lowest BCUT2D eigenvalue weighted by atomic mass is 10.1. The summed E-state index contributed by atoms with van der Waals surface area (Å²) in [6, 6.07) is 8.87. The SMILES string of the molecule is CC[C@H](NC)c1ncc(-c2cnc(-c3ccc(-c4cnc([C@@H]5CCCN5)[nH]4)cc3)cn2)[nH]1. The number of H-pyrrole nitrogens is 2. The van der Waals surface area contributed by atoms with Crippen molar-refractivity contribution in [2.24, 2.45) is 0 Å². The number of hydrogen-bond donors (Lipinski definition) is 4. The van der Waals surface area contributed by atoms with Crippen LogP contribution in [0.5, 0.6) is 0 Å². The molecular weight excluding hydrogens is 400 g/mol. The first-order chi connectivity index (χ1) is 15.7. The second-order valence-corrected chi connectivity index (χ2v) is 8.13. The van der Waals surface area contributed by atoms with E-state index in [0.29, 0.717) is 6.04 Å². The maximum absolute atomic E-state index is 4.62. The summed E-state index contributed by atoms with van der Waals surface area (Å²) in [5.74, 6) is 1.93. The van der Waals surface area contributed by atoms with Gasteiger partial charge in [0.25, 0.3) is 0 Å². The number of nitrogens with zero attached hydrogens (tertiary/aromatic N) is 4. The van der Waals surface area contributed by atoms with Crippen LogP contribution in [0.1, 0.15) is 49.9 Å². The standard InChI is InChI=1S/C24H28N8/c1-3-17(25-2)23-30-14-22(32-23)21-13-27-19(11-28-21)15-6-8-16(9-7-15)20-12-29-24(31-20)18-5-4-10-26-18/h6-9,11-14,17-18,25-26H,3-5,10H2,1-2H3,(H,29,31)(H,30,32)/t17-,18-/m0/s1. The van der Waals surface area contributed by atoms with Gasteiger partial charge in [0.2, 0.25) is 0 Å². The molecule has 8 nitrogen and oxygen atoms in total. The predicted molar refractivity (Wildman–Crippen MR) is 125 cm³/mol. The number of imidazole rings is 2. The summed E-state index contributed by atoms with van der Waals surface area (Å²) in [6.45, 7) is 3.19. The lowest BCUT2D eigenvalue weighted by Gasteiger charge is -2.09. The molecule has 1 aromatic carbocycles. The highest BCUT2D eigenvalue weighted by Gasteiger charge is 2.19. The summed E-state index contributed by atoms with van der Waals surface area (Å²) < 4.78 is 0. The van der Waals surface area contributed by atoms with Crippen LogP contribution in [-0.2, 0) is 0 Å². The first kappa shape index (κ1) is 20.5. The molecule has 1 aliphatic rings. The van der Waals surface area contributed by atoms with E-state index in [2.05, 4.69) is 71.7 Å². The summed E-state index contributed by atoms with van der Waals surface area (Å²) in [5.41, 5.74) is 5.65. The number of hydrogen-bond acceptors (Lipinski definition) is 6. The highest BCUT2D eigenvalue weighted by Crippen LogP contribution is 2.26. The number of aromatic amines is 2. The second-order valence-electron chi connectivity index (χ2n) is 8.13. The van der Waals surface area contributed by atoms with Gasteiger partial charge in [-0.25, -0.2) is 9.97 Å². The van der Waals surface area contributed by atoms with Gasteiger partial charge in [0.15, 0.2) is 0 Å². The largest absolute Gasteiger partial charge is 0.341 e. The van der Waals surface area contributed by atoms with Crippen molar-refractivity contribution >= 4 is 0 Å². The van der Waals surface area contributed by atoms with Crippen LogP contribution in [0.2, 0.25) is 0 Å². The van der Waals surface area contributed by atoms with Crippen molar-refractivity contribution in [3.8, 4) is 33.9 Å². The van der Waals surface area contributed by atoms with Crippen LogP contribution in [-0.4, -0.2) is 43.5 Å². The summed E-state index contributed by atoms with van der Waals surface area (Å²) in [7, 11) is 1.94. The zero-order valence-corrected chi connectivity index (χ0v) is 18.4. The van der Waals surface area contributed by atoms with Gasteiger partial charge in [-0.1, -0.05) is 31.2 Å². The second kappa shape index (κ2) is 9.02. The van der Waals surface area contributed by atoms with Gasteiger partial charge >= 0.3 is 0 Å².